The van der Waals surface area contributed by atoms with E-state index in [4.69, 9.17) is 20.4 Å². The van der Waals surface area contributed by atoms with E-state index >= 15 is 0 Å². The summed E-state index contributed by atoms with van der Waals surface area (Å²) in [6.45, 7) is 1.02. The number of carboxylic acids is 4. The van der Waals surface area contributed by atoms with Crippen LogP contribution in [0.25, 0.3) is 0 Å². The first-order valence-electron chi connectivity index (χ1n) is 17.5. The molecule has 0 aliphatic rings. The number of phenols is 4. The van der Waals surface area contributed by atoms with E-state index in [1.165, 1.54) is 24.3 Å². The van der Waals surface area contributed by atoms with E-state index in [0.29, 0.717) is 22.3 Å². The normalized spacial score (nSPS) is 10.9. The van der Waals surface area contributed by atoms with Gasteiger partial charge in [-0.2, -0.15) is 0 Å². The minimum absolute atomic E-state index is 0. The van der Waals surface area contributed by atoms with Gasteiger partial charge < -0.3 is 40.9 Å². The van der Waals surface area contributed by atoms with Crippen LogP contribution in [-0.2, 0) is 71.6 Å². The van der Waals surface area contributed by atoms with Gasteiger partial charge in [-0.1, -0.05) is 72.8 Å². The Kier molecular flexibility index (Phi) is 21.0. The number of hydrogen-bond acceptors (Lipinski definition) is 12. The van der Waals surface area contributed by atoms with Crippen molar-refractivity contribution in [2.75, 3.05) is 52.4 Å². The van der Waals surface area contributed by atoms with Crippen molar-refractivity contribution in [3.63, 3.8) is 0 Å². The van der Waals surface area contributed by atoms with E-state index in [-0.39, 0.29) is 128 Å². The van der Waals surface area contributed by atoms with Crippen LogP contribution in [0.3, 0.4) is 0 Å². The Hall–Kier alpha value is -5.32. The van der Waals surface area contributed by atoms with E-state index in [0.717, 1.165) is 0 Å². The Morgan fingerprint density at radius 2 is 0.526 bits per heavy atom. The fraction of sp³-hybridized carbons (Fsp3) is 0.300. The number of nitrogens with zero attached hydrogens (tertiary/aromatic N) is 4. The molecule has 8 N–H and O–H groups in total. The van der Waals surface area contributed by atoms with Crippen LogP contribution < -0.4 is 0 Å². The molecule has 0 radical (unpaired) electrons. The molecule has 0 saturated carbocycles. The van der Waals surface area contributed by atoms with Gasteiger partial charge in [0.25, 0.3) is 0 Å². The first kappa shape index (κ1) is 47.8. The molecule has 0 heterocycles. The molecule has 4 rings (SSSR count). The van der Waals surface area contributed by atoms with Crippen molar-refractivity contribution in [1.82, 2.24) is 19.6 Å². The van der Waals surface area contributed by atoms with Crippen LogP contribution in [0, 0.1) is 0 Å². The molecule has 0 fully saturated rings. The third-order valence-electron chi connectivity index (χ3n) is 8.44. The predicted octanol–water partition coefficient (Wildman–Crippen LogP) is 3.14. The number of benzene rings is 4. The van der Waals surface area contributed by atoms with Crippen molar-refractivity contribution in [3.05, 3.63) is 119 Å². The molecule has 0 aliphatic carbocycles. The summed E-state index contributed by atoms with van der Waals surface area (Å²) >= 11 is 0. The van der Waals surface area contributed by atoms with Crippen molar-refractivity contribution in [2.24, 2.45) is 0 Å². The Morgan fingerprint density at radius 3 is 0.684 bits per heavy atom. The van der Waals surface area contributed by atoms with Crippen LogP contribution >= 0.6 is 0 Å². The zero-order chi connectivity index (χ0) is 41.0. The number of phenolic OH excluding ortho intramolecular Hbond substituents is 4. The Bertz CT molecular complexity index is 1630. The molecule has 4 aromatic carbocycles. The fourth-order valence-electron chi connectivity index (χ4n) is 5.73. The zero-order valence-corrected chi connectivity index (χ0v) is 33.7. The summed E-state index contributed by atoms with van der Waals surface area (Å²) in [7, 11) is 0. The number of rotatable bonds is 22. The Labute approximate surface area is 349 Å². The van der Waals surface area contributed by atoms with E-state index in [1.54, 1.807) is 92.4 Å². The molecule has 0 saturated heterocycles. The van der Waals surface area contributed by atoms with Crippen molar-refractivity contribution in [3.8, 4) is 23.0 Å². The molecule has 304 valence electrons. The van der Waals surface area contributed by atoms with Gasteiger partial charge >= 0.3 is 23.9 Å². The van der Waals surface area contributed by atoms with Crippen molar-refractivity contribution in [1.29, 1.82) is 0 Å². The number of para-hydroxylation sites is 4. The molecule has 0 spiro atoms. The largest absolute Gasteiger partial charge is 0.508 e. The maximum absolute atomic E-state index is 11.2. The molecule has 17 heteroatoms. The number of aliphatic carboxylic acids is 4. The summed E-state index contributed by atoms with van der Waals surface area (Å²) in [5, 5.41) is 76.4. The number of carbonyl (C=O) groups is 4. The van der Waals surface area contributed by atoms with Gasteiger partial charge in [-0.3, -0.25) is 38.8 Å². The summed E-state index contributed by atoms with van der Waals surface area (Å²) in [5.74, 6) is -3.74. The van der Waals surface area contributed by atoms with Gasteiger partial charge in [0.1, 0.15) is 23.0 Å². The van der Waals surface area contributed by atoms with E-state index in [1.807, 2.05) is 0 Å². The smallest absolute Gasteiger partial charge is 0.317 e. The van der Waals surface area contributed by atoms with Crippen LogP contribution in [0.5, 0.6) is 23.0 Å². The third kappa shape index (κ3) is 18.5. The Morgan fingerprint density at radius 1 is 0.351 bits per heavy atom. The summed E-state index contributed by atoms with van der Waals surface area (Å²) in [4.78, 5) is 51.3. The number of carboxylic acid groups (broad SMARTS) is 4. The van der Waals surface area contributed by atoms with Gasteiger partial charge in [0.2, 0.25) is 0 Å². The standard InChI is InChI=1S/2C20H24N2O6.Zr/c2*23-17-7-3-1-5-15(17)11-21(13-19(25)26)9-10-22(14-20(27)28)12-16-6-2-4-8-18(16)24;/h2*1-8,23-24H,9-14H2,(H,25,26)(H,27,28);. The summed E-state index contributed by atoms with van der Waals surface area (Å²) in [5.41, 5.74) is 2.37. The fourth-order valence-corrected chi connectivity index (χ4v) is 5.73. The predicted molar refractivity (Wildman–Crippen MR) is 204 cm³/mol. The quantitative estimate of drug-likeness (QED) is 0.0566. The van der Waals surface area contributed by atoms with Crippen molar-refractivity contribution in [2.45, 2.75) is 26.2 Å². The average molecular weight is 868 g/mol. The molecule has 16 nitrogen and oxygen atoms in total. The monoisotopic (exact) mass is 866 g/mol. The SMILES string of the molecule is O=C(O)CN(CCN(CC(=O)O)Cc1ccccc1O)Cc1ccccc1O.O=C(O)CN(CCN(CC(=O)O)Cc1ccccc1O)Cc1ccccc1O.[Zr]. The van der Waals surface area contributed by atoms with E-state index < -0.39 is 23.9 Å². The molecule has 4 aromatic rings. The first-order chi connectivity index (χ1) is 26.7. The van der Waals surface area contributed by atoms with E-state index in [2.05, 4.69) is 0 Å². The molecular formula is C40H48N4O12Zr. The van der Waals surface area contributed by atoms with Crippen LogP contribution in [0.1, 0.15) is 22.3 Å². The second kappa shape index (κ2) is 25.0. The van der Waals surface area contributed by atoms with Crippen LogP contribution in [0.15, 0.2) is 97.1 Å². The Balaban J connectivity index is 0.000000387. The first-order valence-corrected chi connectivity index (χ1v) is 17.5. The van der Waals surface area contributed by atoms with Crippen LogP contribution in [0.2, 0.25) is 0 Å². The van der Waals surface area contributed by atoms with E-state index in [9.17, 15) is 39.6 Å². The molecule has 57 heavy (non-hydrogen) atoms. The van der Waals surface area contributed by atoms with Gasteiger partial charge in [0, 0.05) is 101 Å². The van der Waals surface area contributed by atoms with Crippen LogP contribution in [0.4, 0.5) is 0 Å². The third-order valence-corrected chi connectivity index (χ3v) is 8.44. The molecule has 0 bridgehead atoms. The minimum atomic E-state index is -1.01. The average Bonchev–Trinajstić information content (AvgIpc) is 3.12. The minimum Gasteiger partial charge on any atom is -0.508 e. The van der Waals surface area contributed by atoms with Gasteiger partial charge in [0.15, 0.2) is 0 Å². The topological polar surface area (TPSA) is 243 Å². The van der Waals surface area contributed by atoms with Crippen molar-refractivity contribution < 1.29 is 86.2 Å². The molecule has 0 amide bonds. The maximum Gasteiger partial charge on any atom is 0.317 e. The zero-order valence-electron chi connectivity index (χ0n) is 31.2. The van der Waals surface area contributed by atoms with Gasteiger partial charge in [0.05, 0.1) is 26.2 Å². The molecule has 0 atom stereocenters. The second-order valence-electron chi connectivity index (χ2n) is 12.9. The summed E-state index contributed by atoms with van der Waals surface area (Å²) < 4.78 is 0. The van der Waals surface area contributed by atoms with Gasteiger partial charge in [-0.15, -0.1) is 0 Å². The van der Waals surface area contributed by atoms with Crippen LogP contribution in [-0.4, -0.2) is 137 Å². The molecule has 0 aromatic heterocycles. The number of hydrogen-bond donors (Lipinski definition) is 8. The van der Waals surface area contributed by atoms with Gasteiger partial charge in [-0.25, -0.2) is 0 Å². The maximum atomic E-state index is 11.2. The molecule has 0 unspecified atom stereocenters. The summed E-state index contributed by atoms with van der Waals surface area (Å²) in [6.07, 6.45) is 0. The molecule has 0 aliphatic heterocycles. The second-order valence-corrected chi connectivity index (χ2v) is 12.9. The van der Waals surface area contributed by atoms with Crippen molar-refractivity contribution >= 4 is 23.9 Å². The molecular weight excluding hydrogens is 820 g/mol. The van der Waals surface area contributed by atoms with Gasteiger partial charge in [-0.05, 0) is 24.3 Å². The number of aromatic hydroxyl groups is 4. The summed E-state index contributed by atoms with van der Waals surface area (Å²) in [6, 6.07) is 26.7.